The van der Waals surface area contributed by atoms with E-state index in [0.29, 0.717) is 0 Å². The van der Waals surface area contributed by atoms with Gasteiger partial charge in [0, 0.05) is 0 Å². The van der Waals surface area contributed by atoms with Crippen molar-refractivity contribution in [3.63, 3.8) is 0 Å². The van der Waals surface area contributed by atoms with Gasteiger partial charge in [-0.15, -0.1) is 0 Å². The quantitative estimate of drug-likeness (QED) is 0.404. The molecule has 0 saturated heterocycles. The molecule has 9 nitrogen and oxygen atoms in total. The van der Waals surface area contributed by atoms with E-state index < -0.39 is 18.1 Å². The molecule has 14 heteroatoms. The maximum Gasteiger partial charge on any atom is 2.00 e. The van der Waals surface area contributed by atoms with E-state index >= 15 is 0 Å². The molecule has 0 aromatic carbocycles. The van der Waals surface area contributed by atoms with Gasteiger partial charge in [-0.2, -0.15) is 0 Å². The van der Waals surface area contributed by atoms with Gasteiger partial charge in [0.15, 0.2) is 0 Å². The fourth-order valence-electron chi connectivity index (χ4n) is 0. The molecule has 0 aliphatic rings. The Bertz CT molecular complexity index is 61.0. The molecule has 0 aliphatic heterocycles. The summed E-state index contributed by atoms with van der Waals surface area (Å²) in [5, 5.41) is 0. The summed E-state index contributed by atoms with van der Waals surface area (Å²) in [5.74, 6) is 0. The average Bonchev–Trinajstić information content (AvgIpc) is 1.12. The van der Waals surface area contributed by atoms with Gasteiger partial charge in [-0.3, -0.25) is 0 Å². The fourth-order valence-corrected chi connectivity index (χ4v) is 0. The zero-order valence-corrected chi connectivity index (χ0v) is 13.2. The summed E-state index contributed by atoms with van der Waals surface area (Å²) < 4.78 is 0. The van der Waals surface area contributed by atoms with Crippen molar-refractivity contribution < 1.29 is 43.8 Å². The Hall–Kier alpha value is 2.37. The van der Waals surface area contributed by atoms with E-state index in [2.05, 4.69) is 0 Å². The third kappa shape index (κ3) is 457. The Morgan fingerprint density at radius 3 is 0.643 bits per heavy atom. The molecule has 0 amide bonds. The SMILES string of the molecule is O.[Mg+2].[Mg+2].[Mg+2].[O-][Si]([O-])(O)O.[O-][Si]([O-])([O-])[O-]. The Balaban J connectivity index is -0.0000000178. The summed E-state index contributed by atoms with van der Waals surface area (Å²) in [5.41, 5.74) is 0. The predicted molar refractivity (Wildman–Crippen MR) is 36.8 cm³/mol. The van der Waals surface area contributed by atoms with E-state index in [1.54, 1.807) is 0 Å². The van der Waals surface area contributed by atoms with E-state index in [4.69, 9.17) is 38.4 Å². The molecule has 0 aliphatic carbocycles. The molecular weight excluding hydrogens is 273 g/mol. The predicted octanol–water partition coefficient (Wildman–Crippen LogP) is -11.0. The standard InChI is InChI=1S/3Mg.H2O4Si.O4Si.H2O/c;;;2*1-5(2,3)4;/h;;;1-2H;;1H2/q3*+2;-2;-4;. The molecule has 72 valence electrons. The number of rotatable bonds is 0. The minimum absolute atomic E-state index is 0. The van der Waals surface area contributed by atoms with Crippen molar-refractivity contribution >= 4 is 87.3 Å². The summed E-state index contributed by atoms with van der Waals surface area (Å²) in [7, 11) is -10.7. The van der Waals surface area contributed by atoms with Gasteiger partial charge in [0.1, 0.15) is 9.05 Å². The molecule has 0 radical (unpaired) electrons. The van der Waals surface area contributed by atoms with Crippen LogP contribution in [0.15, 0.2) is 0 Å². The van der Waals surface area contributed by atoms with Crippen LogP contribution in [0, 0.1) is 0 Å². The molecule has 0 heterocycles. The second kappa shape index (κ2) is 15.4. The van der Waals surface area contributed by atoms with Crippen LogP contribution in [-0.4, -0.2) is 102 Å². The minimum Gasteiger partial charge on any atom is -0.894 e. The van der Waals surface area contributed by atoms with E-state index in [9.17, 15) is 0 Å². The van der Waals surface area contributed by atoms with Gasteiger partial charge < -0.3 is 52.9 Å². The van der Waals surface area contributed by atoms with Gasteiger partial charge in [0.2, 0.25) is 0 Å². The second-order valence-corrected chi connectivity index (χ2v) is 3.15. The first-order chi connectivity index (χ1) is 4.00. The molecule has 14 heavy (non-hydrogen) atoms. The molecule has 0 fully saturated rings. The van der Waals surface area contributed by atoms with Crippen molar-refractivity contribution in [2.45, 2.75) is 0 Å². The molecule has 4 N–H and O–H groups in total. The van der Waals surface area contributed by atoms with Crippen molar-refractivity contribution in [2.24, 2.45) is 0 Å². The molecule has 0 spiro atoms. The molecule has 0 saturated carbocycles. The van der Waals surface area contributed by atoms with Crippen molar-refractivity contribution in [3.05, 3.63) is 0 Å². The fraction of sp³-hybridized carbons (Fsp3) is 0. The minimum atomic E-state index is -5.61. The van der Waals surface area contributed by atoms with Crippen LogP contribution in [0.25, 0.3) is 0 Å². The van der Waals surface area contributed by atoms with Gasteiger partial charge >= 0.3 is 69.2 Å². The van der Waals surface area contributed by atoms with Crippen molar-refractivity contribution in [1.82, 2.24) is 0 Å². The van der Waals surface area contributed by atoms with E-state index in [-0.39, 0.29) is 74.6 Å². The molecular formula is H4Mg3O9Si2. The first-order valence-electron chi connectivity index (χ1n) is 1.67. The van der Waals surface area contributed by atoms with Crippen LogP contribution >= 0.6 is 0 Å². The van der Waals surface area contributed by atoms with Crippen molar-refractivity contribution in [1.29, 1.82) is 0 Å². The van der Waals surface area contributed by atoms with Gasteiger partial charge in [-0.05, 0) is 0 Å². The summed E-state index contributed by atoms with van der Waals surface area (Å²) >= 11 is 0. The van der Waals surface area contributed by atoms with E-state index in [1.807, 2.05) is 0 Å². The summed E-state index contributed by atoms with van der Waals surface area (Å²) in [6, 6.07) is 0. The van der Waals surface area contributed by atoms with Crippen LogP contribution in [0.2, 0.25) is 0 Å². The van der Waals surface area contributed by atoms with Crippen molar-refractivity contribution in [2.75, 3.05) is 0 Å². The van der Waals surface area contributed by atoms with Gasteiger partial charge in [0.05, 0.1) is 0 Å². The first kappa shape index (κ1) is 36.0. The maximum absolute atomic E-state index is 8.80. The number of hydrogen-bond donors (Lipinski definition) is 2. The Labute approximate surface area is 130 Å². The third-order valence-corrected chi connectivity index (χ3v) is 0. The normalized spacial score (nSPS) is 8.57. The smallest absolute Gasteiger partial charge is 0.894 e. The third-order valence-electron chi connectivity index (χ3n) is 0. The topological polar surface area (TPSA) is 210 Å². The van der Waals surface area contributed by atoms with Crippen LogP contribution in [0.5, 0.6) is 0 Å². The first-order valence-corrected chi connectivity index (χ1v) is 5.02. The molecule has 0 atom stereocenters. The zero-order chi connectivity index (χ0) is 9.00. The Kier molecular flexibility index (Phi) is 39.5. The summed E-state index contributed by atoms with van der Waals surface area (Å²) in [6.07, 6.45) is 0. The molecule has 0 rings (SSSR count). The molecule has 0 bridgehead atoms. The van der Waals surface area contributed by atoms with E-state index in [0.717, 1.165) is 0 Å². The van der Waals surface area contributed by atoms with Crippen LogP contribution < -0.4 is 28.8 Å². The molecule has 0 aromatic heterocycles. The second-order valence-electron chi connectivity index (χ2n) is 1.05. The van der Waals surface area contributed by atoms with E-state index in [1.165, 1.54) is 0 Å². The molecule has 0 aromatic rings. The monoisotopic (exact) mass is 276 g/mol. The van der Waals surface area contributed by atoms with Crippen LogP contribution in [-0.2, 0) is 0 Å². The van der Waals surface area contributed by atoms with Crippen LogP contribution in [0.1, 0.15) is 0 Å². The largest absolute Gasteiger partial charge is 2.00 e. The van der Waals surface area contributed by atoms with Crippen LogP contribution in [0.4, 0.5) is 0 Å². The number of hydrogen-bond acceptors (Lipinski definition) is 8. The zero-order valence-electron chi connectivity index (χ0n) is 6.97. The molecule has 0 unspecified atom stereocenters. The van der Waals surface area contributed by atoms with Gasteiger partial charge in [-0.1, -0.05) is 0 Å². The Morgan fingerprint density at radius 1 is 0.643 bits per heavy atom. The van der Waals surface area contributed by atoms with Gasteiger partial charge in [0.25, 0.3) is 0 Å². The Morgan fingerprint density at radius 2 is 0.643 bits per heavy atom. The van der Waals surface area contributed by atoms with Gasteiger partial charge in [-0.25, -0.2) is 0 Å². The van der Waals surface area contributed by atoms with Crippen LogP contribution in [0.3, 0.4) is 0 Å². The summed E-state index contributed by atoms with van der Waals surface area (Å²) in [4.78, 5) is 66.1. The summed E-state index contributed by atoms with van der Waals surface area (Å²) in [6.45, 7) is 0. The van der Waals surface area contributed by atoms with Crippen molar-refractivity contribution in [3.8, 4) is 0 Å². The average molecular weight is 277 g/mol. The maximum atomic E-state index is 8.80.